The fraction of sp³-hybridized carbons (Fsp3) is 0.345. The van der Waals surface area contributed by atoms with Crippen LogP contribution in [0.3, 0.4) is 0 Å². The van der Waals surface area contributed by atoms with E-state index in [1.165, 1.54) is 18.2 Å². The van der Waals surface area contributed by atoms with Gasteiger partial charge in [0.15, 0.2) is 17.3 Å². The average molecular weight is 586 g/mol. The van der Waals surface area contributed by atoms with Gasteiger partial charge in [-0.25, -0.2) is 0 Å². The summed E-state index contributed by atoms with van der Waals surface area (Å²) in [6.45, 7) is 1.54. The summed E-state index contributed by atoms with van der Waals surface area (Å²) < 4.78 is 37.2. The Bertz CT molecular complexity index is 1520. The number of carbonyl (C=O) groups is 3. The van der Waals surface area contributed by atoms with Gasteiger partial charge >= 0.3 is 16.1 Å². The first-order chi connectivity index (χ1) is 19.1. The number of hydrogen-bond donors (Lipinski definition) is 1. The standard InChI is InChI=1S/C29H28ClNO8S/c1-2-38-24-15-17(14-19(30)29(24)39-40(36,37)18-8-4-3-5-9-18)26-27-20(10-6-12-22(27)32)31(16-25(34)35)21-11-7-13-23(33)28(21)26/h3-5,8-9,14-15,26H,2,6-7,10-13,16H2,1H3,(H,34,35). The van der Waals surface area contributed by atoms with Crippen molar-refractivity contribution in [1.82, 2.24) is 4.90 Å². The van der Waals surface area contributed by atoms with Crippen molar-refractivity contribution < 1.29 is 36.8 Å². The number of benzene rings is 2. The molecule has 0 radical (unpaired) electrons. The molecule has 1 heterocycles. The summed E-state index contributed by atoms with van der Waals surface area (Å²) in [6, 6.07) is 10.7. The van der Waals surface area contributed by atoms with Crippen LogP contribution in [0.2, 0.25) is 5.02 Å². The number of halogens is 1. The Kier molecular flexibility index (Phi) is 7.74. The molecule has 0 saturated carbocycles. The Morgan fingerprint density at radius 2 is 1.60 bits per heavy atom. The first-order valence-electron chi connectivity index (χ1n) is 13.1. The average Bonchev–Trinajstić information content (AvgIpc) is 2.91. The van der Waals surface area contributed by atoms with Gasteiger partial charge in [-0.15, -0.1) is 0 Å². The SMILES string of the molecule is CCOc1cc(C2C3=C(CCCC3=O)N(CC(=O)O)C3=C2C(=O)CCC3)cc(Cl)c1OS(=O)(=O)c1ccccc1. The molecule has 0 fully saturated rings. The number of Topliss-reactive ketones (excluding diaryl/α,β-unsaturated/α-hetero) is 2. The zero-order valence-corrected chi connectivity index (χ0v) is 23.4. The summed E-state index contributed by atoms with van der Waals surface area (Å²) >= 11 is 6.64. The van der Waals surface area contributed by atoms with Gasteiger partial charge in [0.25, 0.3) is 0 Å². The van der Waals surface area contributed by atoms with Gasteiger partial charge in [-0.05, 0) is 62.4 Å². The van der Waals surface area contributed by atoms with Crippen LogP contribution in [-0.4, -0.2) is 49.1 Å². The highest BCUT2D eigenvalue weighted by Crippen LogP contribution is 2.51. The fourth-order valence-electron chi connectivity index (χ4n) is 5.72. The highest BCUT2D eigenvalue weighted by atomic mass is 35.5. The van der Waals surface area contributed by atoms with Crippen LogP contribution in [0.5, 0.6) is 11.5 Å². The minimum Gasteiger partial charge on any atom is -0.490 e. The number of nitrogens with zero attached hydrogens (tertiary/aromatic N) is 1. The molecule has 5 rings (SSSR count). The van der Waals surface area contributed by atoms with Crippen LogP contribution >= 0.6 is 11.6 Å². The molecule has 0 aromatic heterocycles. The maximum Gasteiger partial charge on any atom is 0.339 e. The van der Waals surface area contributed by atoms with Crippen LogP contribution in [-0.2, 0) is 24.5 Å². The molecule has 0 saturated heterocycles. The number of ether oxygens (including phenoxy) is 1. The number of carboxylic acid groups (broad SMARTS) is 1. The van der Waals surface area contributed by atoms with Crippen LogP contribution in [0.15, 0.2) is 69.9 Å². The predicted octanol–water partition coefficient (Wildman–Crippen LogP) is 5.00. The van der Waals surface area contributed by atoms with Crippen molar-refractivity contribution in [3.05, 3.63) is 75.6 Å². The molecule has 40 heavy (non-hydrogen) atoms. The summed E-state index contributed by atoms with van der Waals surface area (Å²) in [5.41, 5.74) is 2.45. The Hall–Kier alpha value is -3.63. The van der Waals surface area contributed by atoms with Crippen molar-refractivity contribution in [2.24, 2.45) is 0 Å². The van der Waals surface area contributed by atoms with Crippen molar-refractivity contribution in [2.45, 2.75) is 56.3 Å². The second-order valence-electron chi connectivity index (χ2n) is 9.80. The Morgan fingerprint density at radius 1 is 1.00 bits per heavy atom. The van der Waals surface area contributed by atoms with Crippen molar-refractivity contribution in [2.75, 3.05) is 13.2 Å². The molecule has 0 atom stereocenters. The molecule has 1 N–H and O–H groups in total. The molecule has 1 aliphatic heterocycles. The van der Waals surface area contributed by atoms with E-state index in [2.05, 4.69) is 0 Å². The predicted molar refractivity (Wildman–Crippen MR) is 146 cm³/mol. The number of carboxylic acids is 1. The molecule has 3 aliphatic rings. The van der Waals surface area contributed by atoms with Crippen LogP contribution in [0.1, 0.15) is 56.9 Å². The van der Waals surface area contributed by atoms with Crippen molar-refractivity contribution in [3.63, 3.8) is 0 Å². The Morgan fingerprint density at radius 3 is 2.15 bits per heavy atom. The van der Waals surface area contributed by atoms with Gasteiger partial charge < -0.3 is 18.9 Å². The lowest BCUT2D eigenvalue weighted by atomic mass is 9.71. The van der Waals surface area contributed by atoms with E-state index in [1.807, 2.05) is 0 Å². The fourth-order valence-corrected chi connectivity index (χ4v) is 7.00. The third-order valence-electron chi connectivity index (χ3n) is 7.27. The highest BCUT2D eigenvalue weighted by molar-refractivity contribution is 7.87. The van der Waals surface area contributed by atoms with Crippen molar-refractivity contribution in [3.8, 4) is 11.5 Å². The van der Waals surface area contributed by atoms with E-state index in [0.717, 1.165) is 0 Å². The third kappa shape index (κ3) is 5.13. The van der Waals surface area contributed by atoms with E-state index < -0.39 is 22.0 Å². The summed E-state index contributed by atoms with van der Waals surface area (Å²) in [4.78, 5) is 40.2. The van der Waals surface area contributed by atoms with E-state index in [0.29, 0.717) is 53.8 Å². The lowest BCUT2D eigenvalue weighted by Gasteiger charge is -2.43. The van der Waals surface area contributed by atoms with Gasteiger partial charge in [-0.2, -0.15) is 8.42 Å². The number of ketones is 2. The lowest BCUT2D eigenvalue weighted by Crippen LogP contribution is -2.41. The normalized spacial score (nSPS) is 18.0. The number of carbonyl (C=O) groups excluding carboxylic acids is 2. The number of rotatable bonds is 8. The van der Waals surface area contributed by atoms with Gasteiger partial charge in [-0.1, -0.05) is 29.8 Å². The molecule has 2 aliphatic carbocycles. The largest absolute Gasteiger partial charge is 0.490 e. The van der Waals surface area contributed by atoms with E-state index in [-0.39, 0.29) is 59.0 Å². The zero-order valence-electron chi connectivity index (χ0n) is 21.8. The zero-order chi connectivity index (χ0) is 28.6. The number of hydrogen-bond acceptors (Lipinski definition) is 8. The summed E-state index contributed by atoms with van der Waals surface area (Å²) in [6.07, 6.45) is 2.69. The van der Waals surface area contributed by atoms with Crippen LogP contribution in [0, 0.1) is 0 Å². The van der Waals surface area contributed by atoms with Gasteiger partial charge in [0.1, 0.15) is 11.4 Å². The minimum atomic E-state index is -4.24. The molecule has 2 aromatic carbocycles. The molecular formula is C29H28ClNO8S. The maximum atomic E-state index is 13.4. The van der Waals surface area contributed by atoms with Crippen molar-refractivity contribution in [1.29, 1.82) is 0 Å². The first kappa shape index (κ1) is 27.9. The van der Waals surface area contributed by atoms with Crippen LogP contribution in [0.25, 0.3) is 0 Å². The number of allylic oxidation sites excluding steroid dienone is 4. The topological polar surface area (TPSA) is 127 Å². The van der Waals surface area contributed by atoms with Crippen LogP contribution < -0.4 is 8.92 Å². The Balaban J connectivity index is 1.68. The summed E-state index contributed by atoms with van der Waals surface area (Å²) in [5.74, 6) is -2.32. The summed E-state index contributed by atoms with van der Waals surface area (Å²) in [5, 5.41) is 9.58. The molecule has 0 unspecified atom stereocenters. The second-order valence-corrected chi connectivity index (χ2v) is 11.8. The molecule has 0 bridgehead atoms. The smallest absolute Gasteiger partial charge is 0.339 e. The third-order valence-corrected chi connectivity index (χ3v) is 8.79. The minimum absolute atomic E-state index is 0.0493. The van der Waals surface area contributed by atoms with Gasteiger partial charge in [0, 0.05) is 41.3 Å². The van der Waals surface area contributed by atoms with Gasteiger partial charge in [0.05, 0.1) is 11.6 Å². The molecule has 210 valence electrons. The molecular weight excluding hydrogens is 558 g/mol. The molecule has 9 nitrogen and oxygen atoms in total. The van der Waals surface area contributed by atoms with E-state index in [1.54, 1.807) is 36.1 Å². The van der Waals surface area contributed by atoms with Crippen molar-refractivity contribution >= 4 is 39.3 Å². The lowest BCUT2D eigenvalue weighted by molar-refractivity contribution is -0.138. The highest BCUT2D eigenvalue weighted by Gasteiger charge is 2.44. The molecule has 0 amide bonds. The second kappa shape index (κ2) is 11.1. The maximum absolute atomic E-state index is 13.4. The Labute approximate surface area is 237 Å². The van der Waals surface area contributed by atoms with E-state index in [4.69, 9.17) is 20.5 Å². The molecule has 11 heteroatoms. The van der Waals surface area contributed by atoms with Gasteiger partial charge in [0.2, 0.25) is 5.75 Å². The monoisotopic (exact) mass is 585 g/mol. The van der Waals surface area contributed by atoms with E-state index >= 15 is 0 Å². The quantitative estimate of drug-likeness (QED) is 0.425. The first-order valence-corrected chi connectivity index (χ1v) is 14.9. The molecule has 2 aromatic rings. The van der Waals surface area contributed by atoms with E-state index in [9.17, 15) is 27.9 Å². The summed E-state index contributed by atoms with van der Waals surface area (Å²) in [7, 11) is -4.24. The molecule has 0 spiro atoms. The van der Waals surface area contributed by atoms with Gasteiger partial charge in [-0.3, -0.25) is 14.4 Å². The van der Waals surface area contributed by atoms with Crippen LogP contribution in [0.4, 0.5) is 0 Å². The number of aliphatic carboxylic acids is 1.